The second-order valence-electron chi connectivity index (χ2n) is 8.83. The molecule has 0 fully saturated rings. The molecule has 2 aromatic carbocycles. The van der Waals surface area contributed by atoms with Crippen LogP contribution >= 0.6 is 0 Å². The van der Waals surface area contributed by atoms with Gasteiger partial charge >= 0.3 is 0 Å². The third-order valence-corrected chi connectivity index (χ3v) is 6.20. The molecule has 0 spiro atoms. The molecular formula is C29H32N2O5. The molecule has 4 rings (SSSR count). The van der Waals surface area contributed by atoms with E-state index in [9.17, 15) is 9.59 Å². The van der Waals surface area contributed by atoms with Crippen molar-refractivity contribution in [3.63, 3.8) is 0 Å². The third kappa shape index (κ3) is 5.97. The lowest BCUT2D eigenvalue weighted by atomic mass is 9.95. The van der Waals surface area contributed by atoms with Crippen LogP contribution in [-0.2, 0) is 22.7 Å². The van der Waals surface area contributed by atoms with Gasteiger partial charge in [-0.05, 0) is 48.7 Å². The van der Waals surface area contributed by atoms with Crippen LogP contribution in [0.15, 0.2) is 77.7 Å². The quantitative estimate of drug-likeness (QED) is 0.353. The van der Waals surface area contributed by atoms with E-state index in [1.807, 2.05) is 74.5 Å². The second-order valence-corrected chi connectivity index (χ2v) is 8.83. The topological polar surface area (TPSA) is 72.2 Å². The van der Waals surface area contributed by atoms with Gasteiger partial charge < -0.3 is 23.7 Å². The van der Waals surface area contributed by atoms with Crippen LogP contribution in [0.4, 0.5) is 0 Å². The van der Waals surface area contributed by atoms with E-state index in [1.54, 1.807) is 15.9 Å². The smallest absolute Gasteiger partial charge is 0.242 e. The summed E-state index contributed by atoms with van der Waals surface area (Å²) in [6.07, 6.45) is 2.29. The Balaban J connectivity index is 1.54. The van der Waals surface area contributed by atoms with Gasteiger partial charge in [0.05, 0.1) is 12.5 Å². The van der Waals surface area contributed by atoms with Gasteiger partial charge in [0.2, 0.25) is 18.6 Å². The summed E-state index contributed by atoms with van der Waals surface area (Å²) in [4.78, 5) is 30.4. The van der Waals surface area contributed by atoms with Crippen molar-refractivity contribution >= 4 is 11.8 Å². The zero-order valence-electron chi connectivity index (χ0n) is 20.8. The Kier molecular flexibility index (Phi) is 8.10. The first kappa shape index (κ1) is 25.1. The van der Waals surface area contributed by atoms with Crippen LogP contribution in [0.2, 0.25) is 0 Å². The first-order valence-corrected chi connectivity index (χ1v) is 12.1. The summed E-state index contributed by atoms with van der Waals surface area (Å²) in [5, 5.41) is 0. The fourth-order valence-electron chi connectivity index (χ4n) is 4.36. The normalized spacial score (nSPS) is 12.7. The number of ether oxygens (including phenoxy) is 2. The molecule has 0 saturated carbocycles. The minimum atomic E-state index is -0.325. The van der Waals surface area contributed by atoms with Crippen molar-refractivity contribution < 1.29 is 23.5 Å². The lowest BCUT2D eigenvalue weighted by Gasteiger charge is -2.29. The number of nitrogens with zero attached hydrogens (tertiary/aromatic N) is 2. The lowest BCUT2D eigenvalue weighted by molar-refractivity contribution is -0.141. The van der Waals surface area contributed by atoms with Crippen molar-refractivity contribution in [1.82, 2.24) is 9.80 Å². The number of carbonyl (C=O) groups is 2. The van der Waals surface area contributed by atoms with Crippen LogP contribution in [-0.4, -0.2) is 41.5 Å². The van der Waals surface area contributed by atoms with E-state index in [1.165, 1.54) is 0 Å². The highest BCUT2D eigenvalue weighted by molar-refractivity contribution is 5.88. The molecule has 1 unspecified atom stereocenters. The second kappa shape index (κ2) is 11.6. The molecule has 3 aromatic rings. The molecular weight excluding hydrogens is 456 g/mol. The Labute approximate surface area is 211 Å². The Bertz CT molecular complexity index is 1200. The number of furan rings is 1. The highest BCUT2D eigenvalue weighted by Gasteiger charge is 2.27. The molecule has 0 aliphatic carbocycles. The van der Waals surface area contributed by atoms with Crippen LogP contribution in [0.1, 0.15) is 41.9 Å². The maximum absolute atomic E-state index is 13.6. The number of aryl methyl sites for hydroxylation is 1. The van der Waals surface area contributed by atoms with Gasteiger partial charge in [0.25, 0.3) is 0 Å². The molecule has 0 N–H and O–H groups in total. The summed E-state index contributed by atoms with van der Waals surface area (Å²) in [5.74, 6) is 2.21. The molecule has 1 aliphatic rings. The Morgan fingerprint density at radius 3 is 2.47 bits per heavy atom. The van der Waals surface area contributed by atoms with E-state index in [-0.39, 0.29) is 44.2 Å². The number of fused-ring (bicyclic) bond motifs is 1. The van der Waals surface area contributed by atoms with Crippen molar-refractivity contribution in [3.8, 4) is 11.5 Å². The monoisotopic (exact) mass is 488 g/mol. The summed E-state index contributed by atoms with van der Waals surface area (Å²) in [5.41, 5.74) is 1.84. The summed E-state index contributed by atoms with van der Waals surface area (Å²) >= 11 is 0. The number of hydrogen-bond donors (Lipinski definition) is 0. The Morgan fingerprint density at radius 2 is 1.78 bits per heavy atom. The summed E-state index contributed by atoms with van der Waals surface area (Å²) in [7, 11) is 0. The first-order chi connectivity index (χ1) is 17.5. The predicted molar refractivity (Wildman–Crippen MR) is 137 cm³/mol. The molecule has 188 valence electrons. The summed E-state index contributed by atoms with van der Waals surface area (Å²) < 4.78 is 16.7. The molecule has 7 nitrogen and oxygen atoms in total. The van der Waals surface area contributed by atoms with E-state index in [0.717, 1.165) is 16.9 Å². The van der Waals surface area contributed by atoms with Crippen molar-refractivity contribution in [1.29, 1.82) is 0 Å². The van der Waals surface area contributed by atoms with Crippen LogP contribution in [0.5, 0.6) is 11.5 Å². The maximum atomic E-state index is 13.6. The lowest BCUT2D eigenvalue weighted by Crippen LogP contribution is -2.44. The van der Waals surface area contributed by atoms with Crippen molar-refractivity contribution in [2.45, 2.75) is 39.3 Å². The van der Waals surface area contributed by atoms with Crippen LogP contribution in [0.25, 0.3) is 0 Å². The van der Waals surface area contributed by atoms with Crippen LogP contribution in [0.3, 0.4) is 0 Å². The molecule has 36 heavy (non-hydrogen) atoms. The predicted octanol–water partition coefficient (Wildman–Crippen LogP) is 5.05. The highest BCUT2D eigenvalue weighted by Crippen LogP contribution is 2.33. The number of hydrogen-bond acceptors (Lipinski definition) is 5. The molecule has 1 atom stereocenters. The number of amides is 2. The van der Waals surface area contributed by atoms with Crippen molar-refractivity contribution in [3.05, 3.63) is 96.0 Å². The molecule has 0 radical (unpaired) electrons. The third-order valence-electron chi connectivity index (χ3n) is 6.20. The average Bonchev–Trinajstić information content (AvgIpc) is 3.52. The molecule has 7 heteroatoms. The van der Waals surface area contributed by atoms with Gasteiger partial charge in [0.1, 0.15) is 18.1 Å². The minimum absolute atomic E-state index is 0.0571. The fraction of sp³-hybridized carbons (Fsp3) is 0.310. The van der Waals surface area contributed by atoms with Crippen LogP contribution < -0.4 is 9.47 Å². The fourth-order valence-corrected chi connectivity index (χ4v) is 4.36. The van der Waals surface area contributed by atoms with Gasteiger partial charge in [-0.15, -0.1) is 6.58 Å². The Morgan fingerprint density at radius 1 is 1.00 bits per heavy atom. The minimum Gasteiger partial charge on any atom is -0.464 e. The van der Waals surface area contributed by atoms with Gasteiger partial charge in [0.15, 0.2) is 11.5 Å². The molecule has 0 bridgehead atoms. The zero-order chi connectivity index (χ0) is 25.5. The van der Waals surface area contributed by atoms with Crippen molar-refractivity contribution in [2.24, 2.45) is 0 Å². The SMILES string of the molecule is C=CCN(CC(=O)N(Cc1ccc2c(c1)OCO2)Cc1ccc(C)o1)C(=O)C(CC)c1ccccc1. The number of benzene rings is 2. The number of rotatable bonds is 11. The summed E-state index contributed by atoms with van der Waals surface area (Å²) in [6.45, 7) is 8.69. The molecule has 1 aliphatic heterocycles. The van der Waals surface area contributed by atoms with Gasteiger partial charge in [-0.25, -0.2) is 0 Å². The van der Waals surface area contributed by atoms with Crippen LogP contribution in [0, 0.1) is 6.92 Å². The van der Waals surface area contributed by atoms with Gasteiger partial charge in [0, 0.05) is 13.1 Å². The zero-order valence-corrected chi connectivity index (χ0v) is 20.8. The van der Waals surface area contributed by atoms with Gasteiger partial charge in [-0.2, -0.15) is 0 Å². The van der Waals surface area contributed by atoms with Crippen molar-refractivity contribution in [2.75, 3.05) is 19.9 Å². The van der Waals surface area contributed by atoms with E-state index in [4.69, 9.17) is 13.9 Å². The molecule has 0 saturated heterocycles. The van der Waals surface area contributed by atoms with E-state index in [0.29, 0.717) is 30.2 Å². The maximum Gasteiger partial charge on any atom is 0.242 e. The van der Waals surface area contributed by atoms with Gasteiger partial charge in [-0.1, -0.05) is 49.4 Å². The molecule has 2 amide bonds. The van der Waals surface area contributed by atoms with Gasteiger partial charge in [-0.3, -0.25) is 9.59 Å². The standard InChI is InChI=1S/C29H32N2O5/c1-4-15-30(29(33)25(5-2)23-9-7-6-8-10-23)19-28(32)31(18-24-13-11-21(3)36-24)17-22-12-14-26-27(16-22)35-20-34-26/h4,6-14,16,25H,1,5,15,17-20H2,2-3H3. The average molecular weight is 489 g/mol. The van der Waals surface area contributed by atoms with E-state index < -0.39 is 0 Å². The van der Waals surface area contributed by atoms with E-state index >= 15 is 0 Å². The first-order valence-electron chi connectivity index (χ1n) is 12.1. The largest absolute Gasteiger partial charge is 0.464 e. The highest BCUT2D eigenvalue weighted by atomic mass is 16.7. The Hall–Kier alpha value is -4.00. The summed E-state index contributed by atoms with van der Waals surface area (Å²) in [6, 6.07) is 19.0. The number of carbonyl (C=O) groups excluding carboxylic acids is 2. The molecule has 1 aromatic heterocycles. The molecule has 2 heterocycles. The van der Waals surface area contributed by atoms with E-state index in [2.05, 4.69) is 6.58 Å².